The maximum Gasteiger partial charge on any atom is 0.408 e. The van der Waals surface area contributed by atoms with E-state index in [0.717, 1.165) is 27.5 Å². The van der Waals surface area contributed by atoms with E-state index in [2.05, 4.69) is 25.9 Å². The van der Waals surface area contributed by atoms with Crippen molar-refractivity contribution in [2.75, 3.05) is 0 Å². The van der Waals surface area contributed by atoms with Gasteiger partial charge in [0.1, 0.15) is 25.3 Å². The number of aliphatic hydroxyl groups is 1. The first-order chi connectivity index (χ1) is 26.1. The lowest BCUT2D eigenvalue weighted by atomic mass is 9.96. The Bertz CT molecular complexity index is 1950. The summed E-state index contributed by atoms with van der Waals surface area (Å²) in [7, 11) is 0. The van der Waals surface area contributed by atoms with Crippen LogP contribution in [-0.4, -0.2) is 63.2 Å². The molecule has 0 aliphatic carbocycles. The standard InChI is InChI=1S/C42H47N5O7/c1-28(2)20-35(38(48)23-39(49)53-25-29-12-5-3-6-13-29)45-41(51)37(22-33-24-43-27-44-33)46-40(50)36(47-42(52)54-26-30-14-7-4-8-15-30)21-32-18-11-17-31-16-9-10-19-34(31)32/h3-19,24,27-28,35-38,48H,20-23,25-26H2,1-2H3,(H,43,44)(H,45,51)(H,46,50)(H,47,52)/t35?,36-,37+,38?/m0/s1. The normalized spacial score (nSPS) is 13.3. The number of carbonyl (C=O) groups is 4. The van der Waals surface area contributed by atoms with Gasteiger partial charge in [-0.25, -0.2) is 9.78 Å². The van der Waals surface area contributed by atoms with Crippen LogP contribution in [0.3, 0.4) is 0 Å². The van der Waals surface area contributed by atoms with Crippen molar-refractivity contribution >= 4 is 34.6 Å². The van der Waals surface area contributed by atoms with Gasteiger partial charge in [0.15, 0.2) is 0 Å². The van der Waals surface area contributed by atoms with E-state index >= 15 is 0 Å². The number of hydrogen-bond acceptors (Lipinski definition) is 8. The fraction of sp³-hybridized carbons (Fsp3) is 0.310. The molecule has 4 atom stereocenters. The second-order valence-electron chi connectivity index (χ2n) is 13.6. The second kappa shape index (κ2) is 19.7. The molecular weight excluding hydrogens is 686 g/mol. The van der Waals surface area contributed by atoms with Crippen molar-refractivity contribution in [3.8, 4) is 0 Å². The maximum atomic E-state index is 14.2. The molecule has 282 valence electrons. The highest BCUT2D eigenvalue weighted by Gasteiger charge is 2.32. The minimum absolute atomic E-state index is 0.00116. The Morgan fingerprint density at radius 1 is 0.722 bits per heavy atom. The van der Waals surface area contributed by atoms with Gasteiger partial charge in [0.25, 0.3) is 0 Å². The molecule has 1 heterocycles. The number of H-pyrrole nitrogens is 1. The Labute approximate surface area is 314 Å². The van der Waals surface area contributed by atoms with Gasteiger partial charge in [-0.15, -0.1) is 0 Å². The van der Waals surface area contributed by atoms with Gasteiger partial charge in [-0.05, 0) is 39.8 Å². The lowest BCUT2D eigenvalue weighted by molar-refractivity contribution is -0.148. The molecule has 5 rings (SSSR count). The fourth-order valence-corrected chi connectivity index (χ4v) is 6.11. The molecule has 54 heavy (non-hydrogen) atoms. The summed E-state index contributed by atoms with van der Waals surface area (Å²) in [5, 5.41) is 21.5. The molecule has 0 aliphatic rings. The molecule has 2 unspecified atom stereocenters. The van der Waals surface area contributed by atoms with Gasteiger partial charge in [0.2, 0.25) is 11.8 Å². The molecule has 0 saturated heterocycles. The number of carbonyl (C=O) groups excluding carboxylic acids is 4. The molecule has 0 radical (unpaired) electrons. The Morgan fingerprint density at radius 2 is 1.33 bits per heavy atom. The number of aromatic nitrogens is 2. The van der Waals surface area contributed by atoms with E-state index in [1.807, 2.05) is 117 Å². The number of imidazole rings is 1. The van der Waals surface area contributed by atoms with Gasteiger partial charge in [-0.3, -0.25) is 14.4 Å². The van der Waals surface area contributed by atoms with Crippen LogP contribution in [0.2, 0.25) is 0 Å². The van der Waals surface area contributed by atoms with Crippen LogP contribution in [-0.2, 0) is 49.9 Å². The van der Waals surface area contributed by atoms with E-state index in [4.69, 9.17) is 9.47 Å². The highest BCUT2D eigenvalue weighted by molar-refractivity contribution is 5.93. The fourth-order valence-electron chi connectivity index (χ4n) is 6.11. The number of fused-ring (bicyclic) bond motifs is 1. The average molecular weight is 734 g/mol. The number of nitrogens with one attached hydrogen (secondary N) is 4. The number of amides is 3. The molecule has 12 nitrogen and oxygen atoms in total. The largest absolute Gasteiger partial charge is 0.461 e. The number of rotatable bonds is 18. The van der Waals surface area contributed by atoms with Crippen LogP contribution < -0.4 is 16.0 Å². The first kappa shape index (κ1) is 39.2. The van der Waals surface area contributed by atoms with Crippen molar-refractivity contribution in [2.24, 2.45) is 5.92 Å². The summed E-state index contributed by atoms with van der Waals surface area (Å²) in [4.78, 5) is 61.2. The molecule has 4 aromatic carbocycles. The van der Waals surface area contributed by atoms with Crippen molar-refractivity contribution in [2.45, 2.75) is 77.0 Å². The molecule has 3 amide bonds. The van der Waals surface area contributed by atoms with Gasteiger partial charge in [0.05, 0.1) is 30.6 Å². The van der Waals surface area contributed by atoms with Crippen LogP contribution in [0.1, 0.15) is 49.1 Å². The third kappa shape index (κ3) is 12.0. The highest BCUT2D eigenvalue weighted by atomic mass is 16.5. The lowest BCUT2D eigenvalue weighted by Gasteiger charge is -2.28. The van der Waals surface area contributed by atoms with Crippen LogP contribution in [0, 0.1) is 5.92 Å². The minimum atomic E-state index is -1.26. The van der Waals surface area contributed by atoms with Gasteiger partial charge < -0.3 is 35.5 Å². The SMILES string of the molecule is CC(C)CC(NC(=O)[C@@H](Cc1c[nH]cn1)NC(=O)[C@H](Cc1cccc2ccccc12)NC(=O)OCc1ccccc1)C(O)CC(=O)OCc1ccccc1. The summed E-state index contributed by atoms with van der Waals surface area (Å²) in [6.45, 7) is 3.92. The average Bonchev–Trinajstić information content (AvgIpc) is 3.69. The second-order valence-corrected chi connectivity index (χ2v) is 13.6. The third-order valence-electron chi connectivity index (χ3n) is 8.86. The van der Waals surface area contributed by atoms with Crippen molar-refractivity contribution in [1.29, 1.82) is 0 Å². The van der Waals surface area contributed by atoms with Crippen molar-refractivity contribution < 1.29 is 33.8 Å². The molecule has 0 spiro atoms. The molecule has 0 saturated carbocycles. The summed E-state index contributed by atoms with van der Waals surface area (Å²) in [5.74, 6) is -1.79. The zero-order chi connectivity index (χ0) is 38.3. The summed E-state index contributed by atoms with van der Waals surface area (Å²) < 4.78 is 10.9. The minimum Gasteiger partial charge on any atom is -0.461 e. The number of aromatic amines is 1. The summed E-state index contributed by atoms with van der Waals surface area (Å²) >= 11 is 0. The van der Waals surface area contributed by atoms with Crippen LogP contribution in [0.4, 0.5) is 4.79 Å². The quantitative estimate of drug-likeness (QED) is 0.0770. The number of esters is 1. The molecule has 5 N–H and O–H groups in total. The van der Waals surface area contributed by atoms with Crippen molar-refractivity contribution in [1.82, 2.24) is 25.9 Å². The molecule has 0 aliphatic heterocycles. The maximum absolute atomic E-state index is 14.2. The Morgan fingerprint density at radius 3 is 2.00 bits per heavy atom. The van der Waals surface area contributed by atoms with E-state index in [9.17, 15) is 24.3 Å². The number of benzene rings is 4. The van der Waals surface area contributed by atoms with E-state index in [0.29, 0.717) is 12.1 Å². The zero-order valence-electron chi connectivity index (χ0n) is 30.4. The number of alkyl carbamates (subject to hydrolysis) is 1. The number of hydrogen-bond donors (Lipinski definition) is 5. The topological polar surface area (TPSA) is 172 Å². The number of aliphatic hydroxyl groups excluding tert-OH is 1. The van der Waals surface area contributed by atoms with Crippen LogP contribution in [0.15, 0.2) is 116 Å². The predicted molar refractivity (Wildman–Crippen MR) is 204 cm³/mol. The first-order valence-electron chi connectivity index (χ1n) is 18.0. The highest BCUT2D eigenvalue weighted by Crippen LogP contribution is 2.20. The summed E-state index contributed by atoms with van der Waals surface area (Å²) in [6.07, 6.45) is 1.13. The third-order valence-corrected chi connectivity index (χ3v) is 8.86. The molecule has 1 aromatic heterocycles. The van der Waals surface area contributed by atoms with Crippen molar-refractivity contribution in [3.05, 3.63) is 138 Å². The van der Waals surface area contributed by atoms with Crippen LogP contribution >= 0.6 is 0 Å². The van der Waals surface area contributed by atoms with Gasteiger partial charge >= 0.3 is 12.1 Å². The van der Waals surface area contributed by atoms with Gasteiger partial charge in [-0.2, -0.15) is 0 Å². The predicted octanol–water partition coefficient (Wildman–Crippen LogP) is 5.15. The summed E-state index contributed by atoms with van der Waals surface area (Å²) in [6, 6.07) is 28.7. The smallest absolute Gasteiger partial charge is 0.408 e. The molecular formula is C42H47N5O7. The Balaban J connectivity index is 1.32. The van der Waals surface area contributed by atoms with E-state index in [-0.39, 0.29) is 38.4 Å². The number of ether oxygens (including phenoxy) is 2. The van der Waals surface area contributed by atoms with Crippen LogP contribution in [0.5, 0.6) is 0 Å². The Kier molecular flexibility index (Phi) is 14.3. The summed E-state index contributed by atoms with van der Waals surface area (Å²) in [5.41, 5.74) is 2.90. The van der Waals surface area contributed by atoms with E-state index < -0.39 is 48.1 Å². The number of nitrogens with zero attached hydrogens (tertiary/aromatic N) is 1. The monoisotopic (exact) mass is 733 g/mol. The molecule has 12 heteroatoms. The van der Waals surface area contributed by atoms with E-state index in [1.165, 1.54) is 6.33 Å². The molecule has 0 bridgehead atoms. The molecule has 0 fully saturated rings. The Hall–Kier alpha value is -6.01. The van der Waals surface area contributed by atoms with Crippen LogP contribution in [0.25, 0.3) is 10.8 Å². The zero-order valence-corrected chi connectivity index (χ0v) is 30.4. The van der Waals surface area contributed by atoms with Crippen molar-refractivity contribution in [3.63, 3.8) is 0 Å². The van der Waals surface area contributed by atoms with Gasteiger partial charge in [-0.1, -0.05) is 117 Å². The van der Waals surface area contributed by atoms with Gasteiger partial charge in [0, 0.05) is 19.0 Å². The molecule has 5 aromatic rings. The first-order valence-corrected chi connectivity index (χ1v) is 18.0. The lowest BCUT2D eigenvalue weighted by Crippen LogP contribution is -2.57. The van der Waals surface area contributed by atoms with E-state index in [1.54, 1.807) is 6.20 Å².